The summed E-state index contributed by atoms with van der Waals surface area (Å²) in [5, 5.41) is 10.9. The van der Waals surface area contributed by atoms with Crippen molar-refractivity contribution in [1.82, 2.24) is 9.78 Å². The molecule has 2 amide bonds. The second-order valence-corrected chi connectivity index (χ2v) is 7.41. The van der Waals surface area contributed by atoms with E-state index in [1.54, 1.807) is 22.9 Å². The van der Waals surface area contributed by atoms with Gasteiger partial charge in [0.05, 0.1) is 12.1 Å². The normalized spacial score (nSPS) is 15.2. The third-order valence-electron chi connectivity index (χ3n) is 4.51. The Morgan fingerprint density at radius 1 is 1.18 bits per heavy atom. The molecule has 1 aromatic heterocycles. The minimum Gasteiger partial charge on any atom is -0.326 e. The predicted octanol–water partition coefficient (Wildman–Crippen LogP) is 4.69. The van der Waals surface area contributed by atoms with E-state index in [2.05, 4.69) is 15.7 Å². The number of nitrogens with one attached hydrogen (secondary N) is 2. The molecular formula is C20H16Cl2N4O2. The van der Waals surface area contributed by atoms with E-state index >= 15 is 0 Å². The predicted molar refractivity (Wildman–Crippen MR) is 110 cm³/mol. The van der Waals surface area contributed by atoms with Crippen LogP contribution in [0.4, 0.5) is 11.5 Å². The molecule has 3 aromatic rings. The van der Waals surface area contributed by atoms with Crippen LogP contribution in [0.25, 0.3) is 11.1 Å². The molecule has 2 heterocycles. The Morgan fingerprint density at radius 2 is 1.86 bits per heavy atom. The van der Waals surface area contributed by atoms with Gasteiger partial charge >= 0.3 is 0 Å². The third-order valence-corrected chi connectivity index (χ3v) is 4.95. The Balaban J connectivity index is 1.58. The molecule has 0 spiro atoms. The standard InChI is InChI=1S/C20H16Cl2N4O2/c1-11-18(12-5-3-2-4-6-12)19-24-20(28)16(26(19)25-11)10-17(27)23-15-8-13(21)7-14(22)9-15/h2-9,16H,10H2,1H3,(H,23,27)(H,24,28). The molecule has 8 heteroatoms. The van der Waals surface area contributed by atoms with E-state index in [1.165, 1.54) is 0 Å². The van der Waals surface area contributed by atoms with Gasteiger partial charge in [-0.1, -0.05) is 53.5 Å². The summed E-state index contributed by atoms with van der Waals surface area (Å²) < 4.78 is 1.59. The molecule has 0 radical (unpaired) electrons. The van der Waals surface area contributed by atoms with E-state index in [-0.39, 0.29) is 18.2 Å². The summed E-state index contributed by atoms with van der Waals surface area (Å²) in [6.07, 6.45) is -0.0572. The topological polar surface area (TPSA) is 76.0 Å². The SMILES string of the molecule is Cc1nn2c(c1-c1ccccc1)NC(=O)C2CC(=O)Nc1cc(Cl)cc(Cl)c1. The van der Waals surface area contributed by atoms with Gasteiger partial charge < -0.3 is 10.6 Å². The van der Waals surface area contributed by atoms with Crippen molar-refractivity contribution in [3.63, 3.8) is 0 Å². The molecule has 1 unspecified atom stereocenters. The molecule has 1 atom stereocenters. The van der Waals surface area contributed by atoms with Gasteiger partial charge in [0, 0.05) is 21.3 Å². The van der Waals surface area contributed by atoms with Gasteiger partial charge in [-0.15, -0.1) is 0 Å². The summed E-state index contributed by atoms with van der Waals surface area (Å²) in [4.78, 5) is 25.0. The van der Waals surface area contributed by atoms with Gasteiger partial charge in [0.25, 0.3) is 5.91 Å². The van der Waals surface area contributed by atoms with Crippen molar-refractivity contribution in [1.29, 1.82) is 0 Å². The lowest BCUT2D eigenvalue weighted by Gasteiger charge is -2.10. The number of aryl methyl sites for hydroxylation is 1. The second kappa shape index (κ2) is 7.30. The van der Waals surface area contributed by atoms with E-state index in [9.17, 15) is 9.59 Å². The van der Waals surface area contributed by atoms with Crippen LogP contribution in [0.2, 0.25) is 10.0 Å². The van der Waals surface area contributed by atoms with Crippen molar-refractivity contribution >= 4 is 46.5 Å². The van der Waals surface area contributed by atoms with Gasteiger partial charge in [0.15, 0.2) is 0 Å². The van der Waals surface area contributed by atoms with Crippen LogP contribution in [0.1, 0.15) is 18.2 Å². The number of amides is 2. The summed E-state index contributed by atoms with van der Waals surface area (Å²) in [7, 11) is 0. The van der Waals surface area contributed by atoms with Crippen LogP contribution in [0.15, 0.2) is 48.5 Å². The van der Waals surface area contributed by atoms with Crippen LogP contribution in [0, 0.1) is 6.92 Å². The van der Waals surface area contributed by atoms with Gasteiger partial charge in [0.2, 0.25) is 5.91 Å². The molecule has 0 saturated heterocycles. The van der Waals surface area contributed by atoms with Gasteiger partial charge in [-0.3, -0.25) is 9.59 Å². The first-order valence-corrected chi connectivity index (χ1v) is 9.39. The molecule has 1 aliphatic heterocycles. The Kier molecular flexibility index (Phi) is 4.83. The first-order chi connectivity index (χ1) is 13.4. The highest BCUT2D eigenvalue weighted by molar-refractivity contribution is 6.35. The molecular weight excluding hydrogens is 399 g/mol. The lowest BCUT2D eigenvalue weighted by atomic mass is 10.1. The van der Waals surface area contributed by atoms with Crippen molar-refractivity contribution in [3.8, 4) is 11.1 Å². The van der Waals surface area contributed by atoms with Crippen LogP contribution in [0.3, 0.4) is 0 Å². The van der Waals surface area contributed by atoms with Gasteiger partial charge in [-0.2, -0.15) is 5.10 Å². The van der Waals surface area contributed by atoms with Crippen molar-refractivity contribution in [2.45, 2.75) is 19.4 Å². The number of carbonyl (C=O) groups is 2. The van der Waals surface area contributed by atoms with E-state index in [0.29, 0.717) is 21.6 Å². The molecule has 1 aliphatic rings. The van der Waals surface area contributed by atoms with Crippen molar-refractivity contribution in [3.05, 3.63) is 64.3 Å². The number of anilines is 2. The molecule has 0 fully saturated rings. The quantitative estimate of drug-likeness (QED) is 0.649. The maximum atomic E-state index is 12.5. The van der Waals surface area contributed by atoms with Crippen LogP contribution in [-0.4, -0.2) is 21.6 Å². The number of benzene rings is 2. The smallest absolute Gasteiger partial charge is 0.251 e. The summed E-state index contributed by atoms with van der Waals surface area (Å²) in [5.74, 6) is 0.0111. The summed E-state index contributed by atoms with van der Waals surface area (Å²) in [6.45, 7) is 1.88. The minimum atomic E-state index is -0.721. The summed E-state index contributed by atoms with van der Waals surface area (Å²) in [6, 6.07) is 13.7. The summed E-state index contributed by atoms with van der Waals surface area (Å²) >= 11 is 11.9. The van der Waals surface area contributed by atoms with E-state index in [1.807, 2.05) is 37.3 Å². The molecule has 0 saturated carbocycles. The van der Waals surface area contributed by atoms with Gasteiger partial charge in [-0.25, -0.2) is 4.68 Å². The molecule has 0 aliphatic carbocycles. The zero-order valence-electron chi connectivity index (χ0n) is 14.9. The zero-order chi connectivity index (χ0) is 19.8. The highest BCUT2D eigenvalue weighted by Gasteiger charge is 2.36. The van der Waals surface area contributed by atoms with Crippen LogP contribution >= 0.6 is 23.2 Å². The van der Waals surface area contributed by atoms with E-state index in [0.717, 1.165) is 16.8 Å². The average Bonchev–Trinajstić information content (AvgIpc) is 3.09. The first-order valence-electron chi connectivity index (χ1n) is 8.63. The van der Waals surface area contributed by atoms with Crippen molar-refractivity contribution in [2.75, 3.05) is 10.6 Å². The van der Waals surface area contributed by atoms with E-state index in [4.69, 9.17) is 23.2 Å². The number of hydrogen-bond donors (Lipinski definition) is 2. The largest absolute Gasteiger partial charge is 0.326 e. The molecule has 2 aromatic carbocycles. The lowest BCUT2D eigenvalue weighted by Crippen LogP contribution is -2.23. The molecule has 4 rings (SSSR count). The highest BCUT2D eigenvalue weighted by Crippen LogP contribution is 2.38. The van der Waals surface area contributed by atoms with Crippen LogP contribution in [-0.2, 0) is 9.59 Å². The average molecular weight is 415 g/mol. The van der Waals surface area contributed by atoms with Crippen LogP contribution < -0.4 is 10.6 Å². The fraction of sp³-hybridized carbons (Fsp3) is 0.150. The van der Waals surface area contributed by atoms with Gasteiger partial charge in [0.1, 0.15) is 11.9 Å². The fourth-order valence-corrected chi connectivity index (χ4v) is 3.87. The number of carbonyl (C=O) groups excluding carboxylic acids is 2. The maximum absolute atomic E-state index is 12.5. The Hall–Kier alpha value is -2.83. The Bertz CT molecular complexity index is 1060. The molecule has 142 valence electrons. The molecule has 6 nitrogen and oxygen atoms in total. The number of nitrogens with zero attached hydrogens (tertiary/aromatic N) is 2. The number of halogens is 2. The maximum Gasteiger partial charge on any atom is 0.251 e. The lowest BCUT2D eigenvalue weighted by molar-refractivity contribution is -0.123. The number of aromatic nitrogens is 2. The number of rotatable bonds is 4. The summed E-state index contributed by atoms with van der Waals surface area (Å²) in [5.41, 5.74) is 3.08. The van der Waals surface area contributed by atoms with Gasteiger partial charge in [-0.05, 0) is 30.7 Å². The van der Waals surface area contributed by atoms with Crippen molar-refractivity contribution < 1.29 is 9.59 Å². The Morgan fingerprint density at radius 3 is 2.54 bits per heavy atom. The molecule has 28 heavy (non-hydrogen) atoms. The molecule has 0 bridgehead atoms. The van der Waals surface area contributed by atoms with E-state index < -0.39 is 6.04 Å². The first kappa shape index (κ1) is 18.5. The second-order valence-electron chi connectivity index (χ2n) is 6.54. The third kappa shape index (κ3) is 3.48. The minimum absolute atomic E-state index is 0.0572. The fourth-order valence-electron chi connectivity index (χ4n) is 3.35. The zero-order valence-corrected chi connectivity index (χ0v) is 16.4. The number of hydrogen-bond acceptors (Lipinski definition) is 3. The molecule has 2 N–H and O–H groups in total. The highest BCUT2D eigenvalue weighted by atomic mass is 35.5. The van der Waals surface area contributed by atoms with Crippen LogP contribution in [0.5, 0.6) is 0 Å². The Labute approximate surface area is 171 Å². The van der Waals surface area contributed by atoms with Crippen molar-refractivity contribution in [2.24, 2.45) is 0 Å². The monoisotopic (exact) mass is 414 g/mol. The number of fused-ring (bicyclic) bond motifs is 1.